The molecule has 1 aromatic carbocycles. The molecule has 1 aromatic rings. The van der Waals surface area contributed by atoms with E-state index >= 15 is 0 Å². The van der Waals surface area contributed by atoms with Gasteiger partial charge in [-0.25, -0.2) is 13.2 Å². The summed E-state index contributed by atoms with van der Waals surface area (Å²) in [6, 6.07) is 9.77. The molecule has 138 valence electrons. The zero-order valence-corrected chi connectivity index (χ0v) is 15.7. The summed E-state index contributed by atoms with van der Waals surface area (Å²) >= 11 is 0. The van der Waals surface area contributed by atoms with Gasteiger partial charge in [0.2, 0.25) is 0 Å². The molecule has 0 bridgehead atoms. The minimum Gasteiger partial charge on any atom is -0.336 e. The maximum absolute atomic E-state index is 12.4. The summed E-state index contributed by atoms with van der Waals surface area (Å²) in [5.41, 5.74) is 1.25. The van der Waals surface area contributed by atoms with Gasteiger partial charge < -0.3 is 10.2 Å². The predicted octanol–water partition coefficient (Wildman–Crippen LogP) is 1.13. The molecule has 0 spiro atoms. The molecule has 2 amide bonds. The van der Waals surface area contributed by atoms with E-state index in [9.17, 15) is 13.2 Å². The fourth-order valence-corrected chi connectivity index (χ4v) is 5.81. The lowest BCUT2D eigenvalue weighted by Crippen LogP contribution is -2.62. The number of hydrogen-bond acceptors (Lipinski definition) is 4. The molecule has 2 aliphatic rings. The van der Waals surface area contributed by atoms with Gasteiger partial charge in [0.1, 0.15) is 0 Å². The van der Waals surface area contributed by atoms with Crippen molar-refractivity contribution in [3.63, 3.8) is 0 Å². The number of rotatable bonds is 4. The van der Waals surface area contributed by atoms with Gasteiger partial charge in [-0.05, 0) is 25.8 Å². The Balaban J connectivity index is 1.71. The van der Waals surface area contributed by atoms with Gasteiger partial charge >= 0.3 is 6.03 Å². The molecule has 3 rings (SSSR count). The molecule has 25 heavy (non-hydrogen) atoms. The number of urea groups is 1. The van der Waals surface area contributed by atoms with Gasteiger partial charge in [0.05, 0.1) is 17.5 Å². The van der Waals surface area contributed by atoms with Crippen molar-refractivity contribution in [2.75, 3.05) is 31.1 Å². The fraction of sp³-hybridized carbons (Fsp3) is 0.611. The van der Waals surface area contributed by atoms with E-state index in [2.05, 4.69) is 22.3 Å². The maximum atomic E-state index is 12.4. The van der Waals surface area contributed by atoms with Gasteiger partial charge in [0, 0.05) is 31.7 Å². The summed E-state index contributed by atoms with van der Waals surface area (Å²) in [7, 11) is -3.10. The highest BCUT2D eigenvalue weighted by molar-refractivity contribution is 7.91. The highest BCUT2D eigenvalue weighted by Gasteiger charge is 2.47. The number of hydrogen-bond donors (Lipinski definition) is 1. The number of benzene rings is 1. The van der Waals surface area contributed by atoms with Crippen molar-refractivity contribution in [2.24, 2.45) is 0 Å². The van der Waals surface area contributed by atoms with Crippen molar-refractivity contribution in [3.05, 3.63) is 35.9 Å². The normalized spacial score (nSPS) is 25.8. The second-order valence-corrected chi connectivity index (χ2v) is 9.43. The van der Waals surface area contributed by atoms with Crippen LogP contribution in [0.5, 0.6) is 0 Å². The van der Waals surface area contributed by atoms with Crippen LogP contribution in [-0.4, -0.2) is 73.5 Å². The average Bonchev–Trinajstić information content (AvgIpc) is 2.87. The van der Waals surface area contributed by atoms with E-state index in [0.29, 0.717) is 6.54 Å². The number of piperazine rings is 1. The third kappa shape index (κ3) is 4.33. The molecule has 7 heteroatoms. The summed E-state index contributed by atoms with van der Waals surface area (Å²) in [6.07, 6.45) is 0.891. The molecule has 2 heterocycles. The molecule has 0 aliphatic carbocycles. The van der Waals surface area contributed by atoms with Gasteiger partial charge in [0.25, 0.3) is 0 Å². The first kappa shape index (κ1) is 18.2. The number of carbonyl (C=O) groups is 1. The number of fused-ring (bicyclic) bond motifs is 1. The molecule has 2 fully saturated rings. The highest BCUT2D eigenvalue weighted by Crippen LogP contribution is 2.27. The first-order valence-corrected chi connectivity index (χ1v) is 10.7. The van der Waals surface area contributed by atoms with Gasteiger partial charge in [-0.15, -0.1) is 0 Å². The summed E-state index contributed by atoms with van der Waals surface area (Å²) < 4.78 is 24.4. The first-order valence-electron chi connectivity index (χ1n) is 8.91. The molecular formula is C18H27N3O3S. The van der Waals surface area contributed by atoms with Gasteiger partial charge in [-0.2, -0.15) is 0 Å². The molecule has 6 nitrogen and oxygen atoms in total. The minimum atomic E-state index is -3.10. The van der Waals surface area contributed by atoms with Gasteiger partial charge in [0.15, 0.2) is 9.84 Å². The van der Waals surface area contributed by atoms with E-state index < -0.39 is 9.84 Å². The van der Waals surface area contributed by atoms with E-state index in [-0.39, 0.29) is 35.7 Å². The molecule has 0 saturated carbocycles. The molecule has 0 radical (unpaired) electrons. The summed E-state index contributed by atoms with van der Waals surface area (Å²) in [5.74, 6) is 0.225. The van der Waals surface area contributed by atoms with Crippen molar-refractivity contribution in [2.45, 2.75) is 38.4 Å². The monoisotopic (exact) mass is 365 g/mol. The fourth-order valence-electron chi connectivity index (χ4n) is 3.80. The Labute approximate surface area is 150 Å². The second-order valence-electron chi connectivity index (χ2n) is 7.28. The zero-order chi connectivity index (χ0) is 18.0. The third-order valence-electron chi connectivity index (χ3n) is 4.99. The zero-order valence-electron chi connectivity index (χ0n) is 14.9. The standard InChI is InChI=1S/C18H27N3O3S/c1-14(2)19-18(22)21-11-10-20(9-8-15-6-4-3-5-7-15)16-12-25(23,24)13-17(16)21/h3-7,14,16-17H,8-13H2,1-2H3,(H,19,22)/t16-,17+/m1/s1. The Morgan fingerprint density at radius 2 is 1.84 bits per heavy atom. The molecule has 2 saturated heterocycles. The number of sulfone groups is 1. The smallest absolute Gasteiger partial charge is 0.317 e. The van der Waals surface area contributed by atoms with Crippen molar-refractivity contribution < 1.29 is 13.2 Å². The van der Waals surface area contributed by atoms with E-state index in [0.717, 1.165) is 19.5 Å². The second kappa shape index (κ2) is 7.33. The number of amides is 2. The van der Waals surface area contributed by atoms with E-state index in [1.54, 1.807) is 4.90 Å². The van der Waals surface area contributed by atoms with E-state index in [4.69, 9.17) is 0 Å². The molecule has 0 unspecified atom stereocenters. The van der Waals surface area contributed by atoms with Crippen LogP contribution in [0.25, 0.3) is 0 Å². The Morgan fingerprint density at radius 1 is 1.16 bits per heavy atom. The molecule has 1 N–H and O–H groups in total. The molecule has 0 aromatic heterocycles. The van der Waals surface area contributed by atoms with Crippen LogP contribution in [0.2, 0.25) is 0 Å². The van der Waals surface area contributed by atoms with Crippen molar-refractivity contribution in [3.8, 4) is 0 Å². The Hall–Kier alpha value is -1.60. The van der Waals surface area contributed by atoms with Crippen LogP contribution in [0.1, 0.15) is 19.4 Å². The summed E-state index contributed by atoms with van der Waals surface area (Å²) in [6.45, 7) is 5.94. The molecular weight excluding hydrogens is 338 g/mol. The predicted molar refractivity (Wildman–Crippen MR) is 98.3 cm³/mol. The lowest BCUT2D eigenvalue weighted by Gasteiger charge is -2.44. The molecule has 2 atom stereocenters. The van der Waals surface area contributed by atoms with Crippen LogP contribution in [0.15, 0.2) is 30.3 Å². The van der Waals surface area contributed by atoms with Gasteiger partial charge in [-0.1, -0.05) is 30.3 Å². The third-order valence-corrected chi connectivity index (χ3v) is 6.69. The van der Waals surface area contributed by atoms with Crippen molar-refractivity contribution in [1.29, 1.82) is 0 Å². The van der Waals surface area contributed by atoms with E-state index in [1.807, 2.05) is 32.0 Å². The van der Waals surface area contributed by atoms with Crippen LogP contribution in [-0.2, 0) is 16.3 Å². The lowest BCUT2D eigenvalue weighted by atomic mass is 10.0. The first-order chi connectivity index (χ1) is 11.9. The Morgan fingerprint density at radius 3 is 2.52 bits per heavy atom. The summed E-state index contributed by atoms with van der Waals surface area (Å²) in [5, 5.41) is 2.90. The highest BCUT2D eigenvalue weighted by atomic mass is 32.2. The quantitative estimate of drug-likeness (QED) is 0.868. The van der Waals surface area contributed by atoms with Crippen molar-refractivity contribution >= 4 is 15.9 Å². The SMILES string of the molecule is CC(C)NC(=O)N1CCN(CCc2ccccc2)[C@@H]2CS(=O)(=O)C[C@@H]21. The molecule has 2 aliphatic heterocycles. The number of nitrogens with zero attached hydrogens (tertiary/aromatic N) is 2. The minimum absolute atomic E-state index is 0.0417. The van der Waals surface area contributed by atoms with Gasteiger partial charge in [-0.3, -0.25) is 4.90 Å². The maximum Gasteiger partial charge on any atom is 0.317 e. The summed E-state index contributed by atoms with van der Waals surface area (Å²) in [4.78, 5) is 16.4. The van der Waals surface area contributed by atoms with Crippen LogP contribution in [0, 0.1) is 0 Å². The topological polar surface area (TPSA) is 69.7 Å². The van der Waals surface area contributed by atoms with E-state index in [1.165, 1.54) is 5.56 Å². The Kier molecular flexibility index (Phi) is 5.34. The number of nitrogens with one attached hydrogen (secondary N) is 1. The largest absolute Gasteiger partial charge is 0.336 e. The number of carbonyl (C=O) groups excluding carboxylic acids is 1. The van der Waals surface area contributed by atoms with Crippen molar-refractivity contribution in [1.82, 2.24) is 15.1 Å². The van der Waals surface area contributed by atoms with Crippen LogP contribution < -0.4 is 5.32 Å². The lowest BCUT2D eigenvalue weighted by molar-refractivity contribution is 0.0658. The van der Waals surface area contributed by atoms with Crippen LogP contribution in [0.4, 0.5) is 4.79 Å². The van der Waals surface area contributed by atoms with Crippen LogP contribution >= 0.6 is 0 Å². The van der Waals surface area contributed by atoms with Crippen LogP contribution in [0.3, 0.4) is 0 Å². The Bertz CT molecular complexity index is 706. The average molecular weight is 365 g/mol.